The lowest BCUT2D eigenvalue weighted by Crippen LogP contribution is -2.36. The summed E-state index contributed by atoms with van der Waals surface area (Å²) < 4.78 is 40.1. The first kappa shape index (κ1) is 23.3. The van der Waals surface area contributed by atoms with Crippen LogP contribution in [0.25, 0.3) is 10.9 Å². The maximum absolute atomic E-state index is 12.9. The number of carbonyl (C=O) groups excluding carboxylic acids is 2. The number of fused-ring (bicyclic) bond motifs is 1. The lowest BCUT2D eigenvalue weighted by molar-refractivity contribution is -0.137. The summed E-state index contributed by atoms with van der Waals surface area (Å²) in [6.45, 7) is -0.318. The largest absolute Gasteiger partial charge is 0.417 e. The van der Waals surface area contributed by atoms with E-state index in [2.05, 4.69) is 10.3 Å². The average Bonchev–Trinajstić information content (AvgIpc) is 2.73. The van der Waals surface area contributed by atoms with Gasteiger partial charge in [-0.15, -0.1) is 0 Å². The number of aryl methyl sites for hydroxylation is 1. The van der Waals surface area contributed by atoms with Gasteiger partial charge in [-0.3, -0.25) is 19.0 Å². The molecule has 1 heterocycles. The van der Waals surface area contributed by atoms with Gasteiger partial charge in [0.15, 0.2) is 0 Å². The number of aromatic nitrogens is 2. The molecule has 0 radical (unpaired) electrons. The van der Waals surface area contributed by atoms with Crippen LogP contribution < -0.4 is 10.9 Å². The Labute approximate surface area is 185 Å². The van der Waals surface area contributed by atoms with Crippen molar-refractivity contribution in [3.05, 3.63) is 69.7 Å². The van der Waals surface area contributed by atoms with Crippen LogP contribution in [0.1, 0.15) is 12.0 Å². The molecule has 0 atom stereocenters. The molecule has 11 heteroatoms. The predicted octanol–water partition coefficient (Wildman–Crippen LogP) is 3.56. The molecule has 1 N–H and O–H groups in total. The molecule has 0 fully saturated rings. The van der Waals surface area contributed by atoms with Crippen molar-refractivity contribution in [2.75, 3.05) is 18.9 Å². The molecule has 0 saturated heterocycles. The number of hydrogen-bond acceptors (Lipinski definition) is 4. The van der Waals surface area contributed by atoms with Crippen LogP contribution in [0.2, 0.25) is 5.02 Å². The summed E-state index contributed by atoms with van der Waals surface area (Å²) in [6, 6.07) is 9.81. The monoisotopic (exact) mass is 466 g/mol. The van der Waals surface area contributed by atoms with Crippen molar-refractivity contribution in [3.63, 3.8) is 0 Å². The number of halogens is 4. The van der Waals surface area contributed by atoms with Gasteiger partial charge in [0.25, 0.3) is 5.56 Å². The lowest BCUT2D eigenvalue weighted by Gasteiger charge is -2.18. The fraction of sp³-hybridized carbons (Fsp3) is 0.238. The Morgan fingerprint density at radius 3 is 2.62 bits per heavy atom. The van der Waals surface area contributed by atoms with Gasteiger partial charge in [0.2, 0.25) is 11.8 Å². The minimum Gasteiger partial charge on any atom is -0.336 e. The van der Waals surface area contributed by atoms with Crippen molar-refractivity contribution in [2.24, 2.45) is 0 Å². The number of anilines is 1. The Bertz CT molecular complexity index is 1230. The van der Waals surface area contributed by atoms with Crippen molar-refractivity contribution in [1.82, 2.24) is 14.5 Å². The maximum atomic E-state index is 12.9. The molecule has 0 aliphatic rings. The van der Waals surface area contributed by atoms with Crippen LogP contribution in [0.3, 0.4) is 0 Å². The number of likely N-dealkylation sites (N-methyl/N-ethyl adjacent to an activating group) is 1. The zero-order valence-corrected chi connectivity index (χ0v) is 17.6. The zero-order valence-electron chi connectivity index (χ0n) is 16.8. The third kappa shape index (κ3) is 5.44. The van der Waals surface area contributed by atoms with Gasteiger partial charge in [0, 0.05) is 25.7 Å². The molecule has 3 aromatic rings. The second-order valence-electron chi connectivity index (χ2n) is 7.00. The van der Waals surface area contributed by atoms with Crippen LogP contribution in [-0.2, 0) is 22.3 Å². The van der Waals surface area contributed by atoms with E-state index in [0.717, 1.165) is 17.0 Å². The zero-order chi connectivity index (χ0) is 23.5. The molecule has 2 aromatic carbocycles. The van der Waals surface area contributed by atoms with Gasteiger partial charge in [-0.1, -0.05) is 23.7 Å². The Balaban J connectivity index is 1.58. The maximum Gasteiger partial charge on any atom is 0.417 e. The highest BCUT2D eigenvalue weighted by Gasteiger charge is 2.33. The first-order chi connectivity index (χ1) is 15.1. The van der Waals surface area contributed by atoms with Crippen LogP contribution in [-0.4, -0.2) is 39.9 Å². The van der Waals surface area contributed by atoms with Gasteiger partial charge in [0.1, 0.15) is 0 Å². The molecule has 0 aliphatic carbocycles. The van der Waals surface area contributed by atoms with E-state index in [1.54, 1.807) is 24.3 Å². The van der Waals surface area contributed by atoms with E-state index >= 15 is 0 Å². The van der Waals surface area contributed by atoms with Crippen LogP contribution in [0.5, 0.6) is 0 Å². The quantitative estimate of drug-likeness (QED) is 0.602. The standard InChI is InChI=1S/C21H18ClF3N4O3/c1-28(11-18(30)27-13-6-7-16(22)15(10-13)21(23,24)25)19(31)8-9-29-12-26-17-5-3-2-4-14(17)20(29)32/h2-7,10,12H,8-9,11H2,1H3,(H,27,30). The summed E-state index contributed by atoms with van der Waals surface area (Å²) in [7, 11) is 1.38. The minimum absolute atomic E-state index is 0.0631. The number of rotatable bonds is 6. The lowest BCUT2D eigenvalue weighted by atomic mass is 10.2. The fourth-order valence-electron chi connectivity index (χ4n) is 3.00. The molecule has 1 aromatic heterocycles. The highest BCUT2D eigenvalue weighted by Crippen LogP contribution is 2.36. The van der Waals surface area contributed by atoms with E-state index in [-0.39, 0.29) is 30.8 Å². The summed E-state index contributed by atoms with van der Waals surface area (Å²) in [5.41, 5.74) is -0.908. The molecule has 168 valence electrons. The number of amides is 2. The number of alkyl halides is 3. The molecule has 0 aliphatic heterocycles. The van der Waals surface area contributed by atoms with Gasteiger partial charge in [-0.2, -0.15) is 13.2 Å². The molecule has 0 saturated carbocycles. The Hall–Kier alpha value is -3.40. The fourth-order valence-corrected chi connectivity index (χ4v) is 3.22. The third-order valence-electron chi connectivity index (χ3n) is 4.66. The highest BCUT2D eigenvalue weighted by molar-refractivity contribution is 6.31. The second kappa shape index (κ2) is 9.39. The number of hydrogen-bond donors (Lipinski definition) is 1. The number of para-hydroxylation sites is 1. The first-order valence-electron chi connectivity index (χ1n) is 9.41. The SMILES string of the molecule is CN(CC(=O)Nc1ccc(Cl)c(C(F)(F)F)c1)C(=O)CCn1cnc2ccccc2c1=O. The summed E-state index contributed by atoms with van der Waals surface area (Å²) in [5, 5.41) is 2.26. The molecule has 7 nitrogen and oxygen atoms in total. The number of nitrogens with one attached hydrogen (secondary N) is 1. The van der Waals surface area contributed by atoms with Crippen LogP contribution in [0.15, 0.2) is 53.6 Å². The van der Waals surface area contributed by atoms with E-state index in [0.29, 0.717) is 10.9 Å². The van der Waals surface area contributed by atoms with Gasteiger partial charge >= 0.3 is 6.18 Å². The molecule has 0 unspecified atom stereocenters. The van der Waals surface area contributed by atoms with Crippen LogP contribution >= 0.6 is 11.6 Å². The highest BCUT2D eigenvalue weighted by atomic mass is 35.5. The summed E-state index contributed by atoms with van der Waals surface area (Å²) in [5.74, 6) is -1.10. The first-order valence-corrected chi connectivity index (χ1v) is 9.79. The number of benzene rings is 2. The molecule has 0 spiro atoms. The second-order valence-corrected chi connectivity index (χ2v) is 7.41. The Kier molecular flexibility index (Phi) is 6.83. The van der Waals surface area contributed by atoms with Crippen molar-refractivity contribution in [2.45, 2.75) is 19.1 Å². The number of carbonyl (C=O) groups is 2. The molecular formula is C21H18ClF3N4O3. The van der Waals surface area contributed by atoms with Crippen LogP contribution in [0, 0.1) is 0 Å². The van der Waals surface area contributed by atoms with E-state index in [4.69, 9.17) is 11.6 Å². The Morgan fingerprint density at radius 1 is 1.19 bits per heavy atom. The van der Waals surface area contributed by atoms with E-state index < -0.39 is 28.6 Å². The average molecular weight is 467 g/mol. The van der Waals surface area contributed by atoms with Gasteiger partial charge < -0.3 is 10.2 Å². The minimum atomic E-state index is -4.67. The van der Waals surface area contributed by atoms with Gasteiger partial charge in [-0.05, 0) is 30.3 Å². The van der Waals surface area contributed by atoms with Crippen molar-refractivity contribution < 1.29 is 22.8 Å². The third-order valence-corrected chi connectivity index (χ3v) is 4.99. The van der Waals surface area contributed by atoms with Gasteiger partial charge in [-0.25, -0.2) is 4.98 Å². The van der Waals surface area contributed by atoms with E-state index in [9.17, 15) is 27.6 Å². The van der Waals surface area contributed by atoms with Crippen molar-refractivity contribution in [1.29, 1.82) is 0 Å². The smallest absolute Gasteiger partial charge is 0.336 e. The topological polar surface area (TPSA) is 84.3 Å². The van der Waals surface area contributed by atoms with Crippen molar-refractivity contribution >= 4 is 40.0 Å². The molecule has 3 rings (SSSR count). The van der Waals surface area contributed by atoms with E-state index in [1.165, 1.54) is 24.0 Å². The van der Waals surface area contributed by atoms with Crippen LogP contribution in [0.4, 0.5) is 18.9 Å². The summed E-state index contributed by atoms with van der Waals surface area (Å²) >= 11 is 5.56. The normalized spacial score (nSPS) is 11.4. The molecule has 2 amide bonds. The number of nitrogens with zero attached hydrogens (tertiary/aromatic N) is 3. The van der Waals surface area contributed by atoms with Gasteiger partial charge in [0.05, 0.1) is 34.4 Å². The summed E-state index contributed by atoms with van der Waals surface area (Å²) in [6.07, 6.45) is -3.38. The van der Waals surface area contributed by atoms with E-state index in [1.807, 2.05) is 0 Å². The van der Waals surface area contributed by atoms with Crippen molar-refractivity contribution in [3.8, 4) is 0 Å². The molecule has 32 heavy (non-hydrogen) atoms. The molecule has 0 bridgehead atoms. The predicted molar refractivity (Wildman–Crippen MR) is 113 cm³/mol. The molecular weight excluding hydrogens is 449 g/mol. The summed E-state index contributed by atoms with van der Waals surface area (Å²) in [4.78, 5) is 42.3. The Morgan fingerprint density at radius 2 is 1.91 bits per heavy atom.